The Hall–Kier alpha value is -0.290. The molecule has 1 aromatic rings. The quantitative estimate of drug-likeness (QED) is 0.795. The molecule has 0 unspecified atom stereocenters. The molecule has 0 N–H and O–H groups in total. The van der Waals surface area contributed by atoms with Gasteiger partial charge in [0.25, 0.3) is 5.91 Å². The standard InChI is InChI=1S/C12H13Cl2NO2S/c13-10-6-7(11(14)18-10)12(16)15-4-5-17-9-3-1-2-8(9)15/h6,8-9H,1-5H2/t8-,9+/m0/s1. The number of rotatable bonds is 1. The molecule has 0 spiro atoms. The predicted molar refractivity (Wildman–Crippen MR) is 72.8 cm³/mol. The molecule has 1 saturated carbocycles. The predicted octanol–water partition coefficient (Wildman–Crippen LogP) is 3.45. The lowest BCUT2D eigenvalue weighted by molar-refractivity contribution is -0.0445. The number of carbonyl (C=O) groups is 1. The monoisotopic (exact) mass is 305 g/mol. The Labute approximate surface area is 120 Å². The second kappa shape index (κ2) is 5.00. The van der Waals surface area contributed by atoms with Crippen LogP contribution in [0, 0.1) is 0 Å². The average Bonchev–Trinajstić information content (AvgIpc) is 2.94. The summed E-state index contributed by atoms with van der Waals surface area (Å²) in [5.41, 5.74) is 0.527. The van der Waals surface area contributed by atoms with Gasteiger partial charge in [-0.3, -0.25) is 4.79 Å². The van der Waals surface area contributed by atoms with Gasteiger partial charge in [0.05, 0.1) is 28.7 Å². The van der Waals surface area contributed by atoms with Crippen LogP contribution in [0.3, 0.4) is 0 Å². The molecule has 6 heteroatoms. The van der Waals surface area contributed by atoms with Crippen molar-refractivity contribution in [3.8, 4) is 0 Å². The minimum Gasteiger partial charge on any atom is -0.374 e. The first-order valence-corrected chi connectivity index (χ1v) is 7.61. The van der Waals surface area contributed by atoms with Crippen molar-refractivity contribution in [2.75, 3.05) is 13.2 Å². The Balaban J connectivity index is 1.85. The fourth-order valence-electron chi connectivity index (χ4n) is 2.82. The molecule has 1 amide bonds. The molecule has 3 nitrogen and oxygen atoms in total. The highest BCUT2D eigenvalue weighted by molar-refractivity contribution is 7.20. The van der Waals surface area contributed by atoms with Gasteiger partial charge in [0, 0.05) is 6.54 Å². The van der Waals surface area contributed by atoms with Crippen LogP contribution in [-0.2, 0) is 4.74 Å². The van der Waals surface area contributed by atoms with E-state index in [0.717, 1.165) is 19.3 Å². The normalized spacial score (nSPS) is 27.3. The summed E-state index contributed by atoms with van der Waals surface area (Å²) in [4.78, 5) is 14.4. The zero-order valence-electron chi connectivity index (χ0n) is 9.70. The number of amides is 1. The van der Waals surface area contributed by atoms with Gasteiger partial charge in [-0.05, 0) is 25.3 Å². The van der Waals surface area contributed by atoms with Gasteiger partial charge in [0.15, 0.2) is 0 Å². The zero-order chi connectivity index (χ0) is 12.7. The summed E-state index contributed by atoms with van der Waals surface area (Å²) in [7, 11) is 0. The van der Waals surface area contributed by atoms with Crippen LogP contribution in [0.5, 0.6) is 0 Å². The Bertz CT molecular complexity index is 477. The van der Waals surface area contributed by atoms with Crippen LogP contribution in [-0.4, -0.2) is 36.1 Å². The van der Waals surface area contributed by atoms with Crippen molar-refractivity contribution < 1.29 is 9.53 Å². The Morgan fingerprint density at radius 3 is 3.00 bits per heavy atom. The topological polar surface area (TPSA) is 29.5 Å². The Morgan fingerprint density at radius 2 is 2.28 bits per heavy atom. The van der Waals surface area contributed by atoms with Gasteiger partial charge < -0.3 is 9.64 Å². The number of halogens is 2. The maximum Gasteiger partial charge on any atom is 0.256 e. The maximum absolute atomic E-state index is 12.5. The summed E-state index contributed by atoms with van der Waals surface area (Å²) in [6, 6.07) is 1.87. The van der Waals surface area contributed by atoms with Gasteiger partial charge >= 0.3 is 0 Å². The molecule has 98 valence electrons. The van der Waals surface area contributed by atoms with E-state index in [0.29, 0.717) is 27.4 Å². The number of thiophene rings is 1. The van der Waals surface area contributed by atoms with E-state index >= 15 is 0 Å². The van der Waals surface area contributed by atoms with Crippen LogP contribution in [0.2, 0.25) is 8.67 Å². The molecule has 0 bridgehead atoms. The van der Waals surface area contributed by atoms with E-state index in [1.165, 1.54) is 11.3 Å². The van der Waals surface area contributed by atoms with Crippen molar-refractivity contribution in [3.63, 3.8) is 0 Å². The fourth-order valence-corrected chi connectivity index (χ4v) is 4.27. The average molecular weight is 306 g/mol. The van der Waals surface area contributed by atoms with Gasteiger partial charge in [0.1, 0.15) is 4.34 Å². The fraction of sp³-hybridized carbons (Fsp3) is 0.583. The van der Waals surface area contributed by atoms with Crippen molar-refractivity contribution >= 4 is 40.4 Å². The summed E-state index contributed by atoms with van der Waals surface area (Å²) in [6.45, 7) is 1.26. The van der Waals surface area contributed by atoms with E-state index < -0.39 is 0 Å². The third-order valence-electron chi connectivity index (χ3n) is 3.63. The second-order valence-electron chi connectivity index (χ2n) is 4.64. The summed E-state index contributed by atoms with van der Waals surface area (Å²) < 4.78 is 6.74. The summed E-state index contributed by atoms with van der Waals surface area (Å²) in [5.74, 6) is -0.0108. The highest BCUT2D eigenvalue weighted by atomic mass is 35.5. The smallest absolute Gasteiger partial charge is 0.256 e. The number of carbonyl (C=O) groups excluding carboxylic acids is 1. The number of hydrogen-bond donors (Lipinski definition) is 0. The highest BCUT2D eigenvalue weighted by Gasteiger charge is 2.39. The molecule has 2 fully saturated rings. The van der Waals surface area contributed by atoms with Crippen molar-refractivity contribution in [2.24, 2.45) is 0 Å². The van der Waals surface area contributed by atoms with E-state index in [1.807, 2.05) is 4.90 Å². The minimum atomic E-state index is -0.0108. The lowest BCUT2D eigenvalue weighted by atomic mass is 10.1. The van der Waals surface area contributed by atoms with E-state index in [2.05, 4.69) is 0 Å². The zero-order valence-corrected chi connectivity index (χ0v) is 12.0. The second-order valence-corrected chi connectivity index (χ2v) is 6.93. The minimum absolute atomic E-state index is 0.0108. The highest BCUT2D eigenvalue weighted by Crippen LogP contribution is 2.35. The van der Waals surface area contributed by atoms with Gasteiger partial charge in [-0.15, -0.1) is 11.3 Å². The van der Waals surface area contributed by atoms with Crippen molar-refractivity contribution in [3.05, 3.63) is 20.3 Å². The molecule has 0 radical (unpaired) electrons. The molecular weight excluding hydrogens is 293 g/mol. The molecule has 1 aliphatic heterocycles. The molecule has 2 atom stereocenters. The Morgan fingerprint density at radius 1 is 1.44 bits per heavy atom. The van der Waals surface area contributed by atoms with E-state index in [4.69, 9.17) is 27.9 Å². The summed E-state index contributed by atoms with van der Waals surface area (Å²) in [5, 5.41) is 0. The first-order chi connectivity index (χ1) is 8.66. The SMILES string of the molecule is O=C(c1cc(Cl)sc1Cl)N1CCO[C@@H]2CCC[C@@H]21. The number of hydrogen-bond acceptors (Lipinski definition) is 3. The van der Waals surface area contributed by atoms with Gasteiger partial charge in [-0.2, -0.15) is 0 Å². The molecule has 2 aliphatic rings. The molecule has 18 heavy (non-hydrogen) atoms. The first-order valence-electron chi connectivity index (χ1n) is 6.04. The first kappa shape index (κ1) is 12.7. The number of nitrogens with zero attached hydrogens (tertiary/aromatic N) is 1. The van der Waals surface area contributed by atoms with Crippen LogP contribution in [0.15, 0.2) is 6.07 Å². The molecule has 0 aromatic carbocycles. The van der Waals surface area contributed by atoms with Crippen molar-refractivity contribution in [1.82, 2.24) is 4.90 Å². The van der Waals surface area contributed by atoms with Crippen LogP contribution in [0.4, 0.5) is 0 Å². The summed E-state index contributed by atoms with van der Waals surface area (Å²) >= 11 is 13.2. The summed E-state index contributed by atoms with van der Waals surface area (Å²) in [6.07, 6.45) is 3.39. The molecule has 1 saturated heterocycles. The van der Waals surface area contributed by atoms with E-state index in [-0.39, 0.29) is 18.1 Å². The maximum atomic E-state index is 12.5. The number of fused-ring (bicyclic) bond motifs is 1. The number of morpholine rings is 1. The lowest BCUT2D eigenvalue weighted by Crippen LogP contribution is -2.51. The van der Waals surface area contributed by atoms with Gasteiger partial charge in [-0.1, -0.05) is 23.2 Å². The molecule has 1 aromatic heterocycles. The molecule has 2 heterocycles. The van der Waals surface area contributed by atoms with Gasteiger partial charge in [0.2, 0.25) is 0 Å². The largest absolute Gasteiger partial charge is 0.374 e. The Kier molecular flexibility index (Phi) is 3.54. The molecule has 3 rings (SSSR count). The lowest BCUT2D eigenvalue weighted by Gasteiger charge is -2.37. The third-order valence-corrected chi connectivity index (χ3v) is 5.12. The van der Waals surface area contributed by atoms with Crippen LogP contribution in [0.25, 0.3) is 0 Å². The van der Waals surface area contributed by atoms with Crippen LogP contribution < -0.4 is 0 Å². The van der Waals surface area contributed by atoms with Crippen LogP contribution >= 0.6 is 34.5 Å². The third kappa shape index (κ3) is 2.16. The van der Waals surface area contributed by atoms with Gasteiger partial charge in [-0.25, -0.2) is 0 Å². The van der Waals surface area contributed by atoms with Crippen molar-refractivity contribution in [2.45, 2.75) is 31.4 Å². The molecular formula is C12H13Cl2NO2S. The van der Waals surface area contributed by atoms with Crippen LogP contribution in [0.1, 0.15) is 29.6 Å². The van der Waals surface area contributed by atoms with E-state index in [1.54, 1.807) is 6.07 Å². The molecule has 1 aliphatic carbocycles. The number of ether oxygens (including phenoxy) is 1. The van der Waals surface area contributed by atoms with E-state index in [9.17, 15) is 4.79 Å². The van der Waals surface area contributed by atoms with Crippen molar-refractivity contribution in [1.29, 1.82) is 0 Å².